The number of benzene rings is 16. The van der Waals surface area contributed by atoms with E-state index in [0.29, 0.717) is 34.9 Å². The van der Waals surface area contributed by atoms with Gasteiger partial charge in [-0.2, -0.15) is 0 Å². The molecule has 0 unspecified atom stereocenters. The highest BCUT2D eigenvalue weighted by Crippen LogP contribution is 2.51. The van der Waals surface area contributed by atoms with Gasteiger partial charge in [-0.25, -0.2) is 29.9 Å². The highest BCUT2D eigenvalue weighted by atomic mass is 28.3. The fraction of sp³-hybridized carbons (Fsp3) is 0.0467. The summed E-state index contributed by atoms with van der Waals surface area (Å²) in [6.07, 6.45) is 0. The van der Waals surface area contributed by atoms with Crippen LogP contribution in [0, 0.1) is 0 Å². The van der Waals surface area contributed by atoms with E-state index in [9.17, 15) is 0 Å². The molecule has 22 aromatic rings. The third-order valence-electron chi connectivity index (χ3n) is 24.6. The van der Waals surface area contributed by atoms with Gasteiger partial charge >= 0.3 is 0 Å². The summed E-state index contributed by atoms with van der Waals surface area (Å²) in [5.74, 6) is 3.81. The third-order valence-corrected chi connectivity index (χ3v) is 28.1. The number of fused-ring (bicyclic) bond motifs is 20. The zero-order valence-electron chi connectivity index (χ0n) is 65.0. The lowest BCUT2D eigenvalue weighted by molar-refractivity contribution is 0.660. The number of rotatable bonds is 10. The van der Waals surface area contributed by atoms with E-state index in [1.807, 2.05) is 48.5 Å². The molecule has 0 saturated carbocycles. The molecule has 2 aliphatic rings. The molecule has 1 aliphatic carbocycles. The van der Waals surface area contributed by atoms with Gasteiger partial charge in [-0.1, -0.05) is 324 Å². The predicted molar refractivity (Wildman–Crippen MR) is 486 cm³/mol. The molecule has 0 bridgehead atoms. The van der Waals surface area contributed by atoms with Crippen molar-refractivity contribution in [3.63, 3.8) is 0 Å². The molecule has 556 valence electrons. The molecule has 0 radical (unpaired) electrons. The van der Waals surface area contributed by atoms with Crippen LogP contribution >= 0.6 is 0 Å². The van der Waals surface area contributed by atoms with Crippen LogP contribution in [0.2, 0.25) is 13.1 Å². The standard InChI is InChI=1S/C54H36N4O.C53H36N4OSi/c1-54(2)42-25-12-9-20-37(42)38-29-28-35(32-43(38)54)52-55-51(34-18-7-4-8-19-34)56-53(57-52)40-22-11-14-27-45(40)58-44-26-13-10-21-39(44)48-46(58)30-31-47-49(48)41-24-15-23-36(50(41)59-47)33-16-5-3-6-17-33;1-59(2)46-27-14-11-20-37(46)38-29-28-35(32-47(38)59)52-54-51(34-18-7-4-8-19-34)55-53(56-52)40-22-10-13-26-43(40)57-42-25-12-9-21-39(42)48-44(57)30-31-45-49(48)41-24-15-23-36(50(41)58-45)33-16-5-3-6-17-33/h2*3-32H,1-2H3. The number of hydrogen-bond acceptors (Lipinski definition) is 8. The number of nitrogens with zero attached hydrogens (tertiary/aromatic N) is 8. The number of aromatic nitrogens is 8. The maximum atomic E-state index is 6.74. The molecule has 11 heteroatoms. The highest BCUT2D eigenvalue weighted by molar-refractivity contribution is 7.03. The summed E-state index contributed by atoms with van der Waals surface area (Å²) in [6.45, 7) is 9.50. The fourth-order valence-electron chi connectivity index (χ4n) is 19.0. The average Bonchev–Trinajstić information content (AvgIpc) is 1.55. The van der Waals surface area contributed by atoms with E-state index in [-0.39, 0.29) is 5.41 Å². The molecule has 0 atom stereocenters. The molecule has 10 nitrogen and oxygen atoms in total. The van der Waals surface area contributed by atoms with Crippen LogP contribution < -0.4 is 10.4 Å². The minimum Gasteiger partial charge on any atom is -0.455 e. The molecular formula is C107H72N8O2Si. The molecule has 0 amide bonds. The average molecular weight is 1530 g/mol. The molecule has 0 fully saturated rings. The van der Waals surface area contributed by atoms with Crippen LogP contribution in [0.1, 0.15) is 25.0 Å². The van der Waals surface area contributed by atoms with E-state index < -0.39 is 8.07 Å². The van der Waals surface area contributed by atoms with Crippen molar-refractivity contribution in [1.82, 2.24) is 39.0 Å². The van der Waals surface area contributed by atoms with Crippen LogP contribution in [0.15, 0.2) is 373 Å². The molecular weight excluding hydrogens is 1460 g/mol. The molecule has 24 rings (SSSR count). The maximum absolute atomic E-state index is 6.74. The molecule has 0 N–H and O–H groups in total. The van der Waals surface area contributed by atoms with Crippen molar-refractivity contribution in [2.75, 3.05) is 0 Å². The largest absolute Gasteiger partial charge is 0.455 e. The summed E-state index contributed by atoms with van der Waals surface area (Å²) < 4.78 is 18.2. The Hall–Kier alpha value is -15.0. The molecule has 7 heterocycles. The lowest BCUT2D eigenvalue weighted by Gasteiger charge is -2.21. The SMILES string of the molecule is CC1(C)c2ccccc2-c2ccc(-c3nc(-c4ccccc4)nc(-c4ccccc4-n4c5ccccc5c5c6c(ccc54)oc4c(-c5ccccc5)cccc46)n3)cc21.C[Si]1(C)c2ccccc2-c2ccc(-c3nc(-c4ccccc4)nc(-c4ccccc4-n4c5ccccc5c5c6c(ccc54)oc4c(-c5ccccc5)cccc46)n3)cc21. The second-order valence-corrected chi connectivity index (χ2v) is 36.2. The van der Waals surface area contributed by atoms with Crippen molar-refractivity contribution in [3.05, 3.63) is 375 Å². The Bertz CT molecular complexity index is 7410. The summed E-state index contributed by atoms with van der Waals surface area (Å²) in [5, 5.41) is 11.9. The van der Waals surface area contributed by atoms with Gasteiger partial charge in [-0.05, 0) is 122 Å². The predicted octanol–water partition coefficient (Wildman–Crippen LogP) is 26.2. The molecule has 0 spiro atoms. The summed E-state index contributed by atoms with van der Waals surface area (Å²) in [5.41, 5.74) is 27.6. The van der Waals surface area contributed by atoms with Crippen LogP contribution in [0.3, 0.4) is 0 Å². The Morgan fingerprint density at radius 3 is 1.12 bits per heavy atom. The zero-order valence-corrected chi connectivity index (χ0v) is 66.0. The fourth-order valence-corrected chi connectivity index (χ4v) is 22.1. The van der Waals surface area contributed by atoms with Crippen molar-refractivity contribution >= 4 is 106 Å². The van der Waals surface area contributed by atoms with Gasteiger partial charge in [-0.15, -0.1) is 0 Å². The normalized spacial score (nSPS) is 13.1. The summed E-state index contributed by atoms with van der Waals surface area (Å²) >= 11 is 0. The van der Waals surface area contributed by atoms with Crippen molar-refractivity contribution in [3.8, 4) is 124 Å². The quantitative estimate of drug-likeness (QED) is 0.124. The van der Waals surface area contributed by atoms with Crippen molar-refractivity contribution < 1.29 is 8.83 Å². The smallest absolute Gasteiger partial charge is 0.166 e. The monoisotopic (exact) mass is 1530 g/mol. The van der Waals surface area contributed by atoms with E-state index in [0.717, 1.165) is 154 Å². The first-order valence-corrected chi connectivity index (χ1v) is 43.2. The molecule has 1 aliphatic heterocycles. The Kier molecular flexibility index (Phi) is 15.6. The summed E-state index contributed by atoms with van der Waals surface area (Å²) in [4.78, 5) is 31.5. The first-order chi connectivity index (χ1) is 58.1. The van der Waals surface area contributed by atoms with E-state index in [4.69, 9.17) is 38.7 Å². The van der Waals surface area contributed by atoms with Gasteiger partial charge in [0, 0.05) is 93.0 Å². The van der Waals surface area contributed by atoms with E-state index in [1.165, 1.54) is 43.8 Å². The molecule has 6 aromatic heterocycles. The van der Waals surface area contributed by atoms with Crippen LogP contribution in [0.25, 0.3) is 212 Å². The number of para-hydroxylation sites is 6. The number of hydrogen-bond donors (Lipinski definition) is 0. The molecule has 118 heavy (non-hydrogen) atoms. The molecule has 16 aromatic carbocycles. The van der Waals surface area contributed by atoms with Crippen LogP contribution in [0.5, 0.6) is 0 Å². The van der Waals surface area contributed by atoms with Crippen LogP contribution in [-0.2, 0) is 5.41 Å². The Morgan fingerprint density at radius 1 is 0.246 bits per heavy atom. The lowest BCUT2D eigenvalue weighted by Crippen LogP contribution is -2.49. The van der Waals surface area contributed by atoms with Gasteiger partial charge < -0.3 is 18.0 Å². The topological polar surface area (TPSA) is 113 Å². The second-order valence-electron chi connectivity index (χ2n) is 31.9. The Labute approximate surface area is 681 Å². The third kappa shape index (κ3) is 10.7. The van der Waals surface area contributed by atoms with Gasteiger partial charge in [0.1, 0.15) is 30.4 Å². The minimum absolute atomic E-state index is 0.155. The van der Waals surface area contributed by atoms with Crippen molar-refractivity contribution in [2.45, 2.75) is 32.4 Å². The maximum Gasteiger partial charge on any atom is 0.166 e. The van der Waals surface area contributed by atoms with Crippen molar-refractivity contribution in [1.29, 1.82) is 0 Å². The van der Waals surface area contributed by atoms with Gasteiger partial charge in [0.05, 0.1) is 33.4 Å². The lowest BCUT2D eigenvalue weighted by atomic mass is 9.82. The van der Waals surface area contributed by atoms with Gasteiger partial charge in [0.2, 0.25) is 0 Å². The van der Waals surface area contributed by atoms with Crippen LogP contribution in [-0.4, -0.2) is 47.1 Å². The van der Waals surface area contributed by atoms with Gasteiger partial charge in [0.15, 0.2) is 34.9 Å². The van der Waals surface area contributed by atoms with Crippen LogP contribution in [0.4, 0.5) is 0 Å². The van der Waals surface area contributed by atoms with Gasteiger partial charge in [-0.3, -0.25) is 0 Å². The summed E-state index contributed by atoms with van der Waals surface area (Å²) in [7, 11) is -1.93. The number of furan rings is 2. The summed E-state index contributed by atoms with van der Waals surface area (Å²) in [6, 6.07) is 128. The highest BCUT2D eigenvalue weighted by Gasteiger charge is 2.39. The van der Waals surface area contributed by atoms with E-state index >= 15 is 0 Å². The second kappa shape index (κ2) is 26.8. The zero-order chi connectivity index (χ0) is 78.5. The first-order valence-electron chi connectivity index (χ1n) is 40.2. The van der Waals surface area contributed by atoms with Gasteiger partial charge in [0.25, 0.3) is 0 Å². The molecule has 0 saturated heterocycles. The van der Waals surface area contributed by atoms with E-state index in [1.54, 1.807) is 0 Å². The first kappa shape index (κ1) is 68.5. The van der Waals surface area contributed by atoms with Crippen molar-refractivity contribution in [2.24, 2.45) is 0 Å². The minimum atomic E-state index is -1.93. The van der Waals surface area contributed by atoms with E-state index in [2.05, 4.69) is 352 Å². The Balaban J connectivity index is 0.000000138. The Morgan fingerprint density at radius 2 is 0.610 bits per heavy atom.